The third-order valence-corrected chi connectivity index (χ3v) is 8.25. The number of carboxylic acid groups (broad SMARTS) is 1. The van der Waals surface area contributed by atoms with Crippen LogP contribution in [-0.4, -0.2) is 39.9 Å². The summed E-state index contributed by atoms with van der Waals surface area (Å²) in [5, 5.41) is 9.34. The average molecular weight is 555 g/mol. The highest BCUT2D eigenvalue weighted by Crippen LogP contribution is 2.34. The molecule has 7 nitrogen and oxygen atoms in total. The molecule has 3 aromatic carbocycles. The third-order valence-electron chi connectivity index (χ3n) is 7.19. The summed E-state index contributed by atoms with van der Waals surface area (Å²) in [5.74, 6) is -1.20. The highest BCUT2D eigenvalue weighted by atomic mass is 32.2. The van der Waals surface area contributed by atoms with Gasteiger partial charge >= 0.3 is 5.97 Å². The SMILES string of the molecule is CN1C(=O)/C(=C/c2ccc(OCc3ccc(C4CCCCC4)cc3)cc2)SC1=Nc1ccc(C(=O)C(=O)O)cc1. The van der Waals surface area contributed by atoms with Gasteiger partial charge in [0.2, 0.25) is 0 Å². The van der Waals surface area contributed by atoms with Gasteiger partial charge in [0, 0.05) is 12.6 Å². The van der Waals surface area contributed by atoms with Crippen molar-refractivity contribution in [3.63, 3.8) is 0 Å². The number of Topliss-reactive ketones (excluding diaryl/α,β-unsaturated/α-hetero) is 1. The zero-order valence-corrected chi connectivity index (χ0v) is 23.0. The van der Waals surface area contributed by atoms with E-state index < -0.39 is 11.8 Å². The Labute approximate surface area is 237 Å². The first kappa shape index (κ1) is 27.4. The number of rotatable bonds is 8. The molecule has 8 heteroatoms. The number of amidine groups is 1. The van der Waals surface area contributed by atoms with Gasteiger partial charge in [-0.2, -0.15) is 0 Å². The molecule has 0 atom stereocenters. The summed E-state index contributed by atoms with van der Waals surface area (Å²) in [6.45, 7) is 0.496. The lowest BCUT2D eigenvalue weighted by atomic mass is 9.84. The van der Waals surface area contributed by atoms with Gasteiger partial charge in [0.05, 0.1) is 10.6 Å². The number of ether oxygens (including phenoxy) is 1. The molecule has 1 amide bonds. The molecule has 204 valence electrons. The van der Waals surface area contributed by atoms with E-state index in [4.69, 9.17) is 9.84 Å². The molecule has 0 unspecified atom stereocenters. The Morgan fingerprint density at radius 2 is 1.65 bits per heavy atom. The number of amides is 1. The number of carbonyl (C=O) groups excluding carboxylic acids is 2. The number of aliphatic imine (C=N–C) groups is 1. The van der Waals surface area contributed by atoms with Crippen molar-refractivity contribution in [2.75, 3.05) is 7.05 Å². The van der Waals surface area contributed by atoms with Crippen LogP contribution in [0.1, 0.15) is 65.1 Å². The number of carboxylic acids is 1. The number of likely N-dealkylation sites (N-methyl/N-ethyl adjacent to an activating group) is 1. The summed E-state index contributed by atoms with van der Waals surface area (Å²) in [6, 6.07) is 22.3. The Balaban J connectivity index is 1.19. The zero-order valence-electron chi connectivity index (χ0n) is 22.2. The van der Waals surface area contributed by atoms with Gasteiger partial charge in [-0.3, -0.25) is 14.5 Å². The van der Waals surface area contributed by atoms with Crippen LogP contribution in [0.2, 0.25) is 0 Å². The molecule has 1 saturated carbocycles. The summed E-state index contributed by atoms with van der Waals surface area (Å²) < 4.78 is 5.99. The van der Waals surface area contributed by atoms with Crippen molar-refractivity contribution in [3.05, 3.63) is 100.0 Å². The largest absolute Gasteiger partial charge is 0.489 e. The fourth-order valence-corrected chi connectivity index (χ4v) is 5.86. The summed E-state index contributed by atoms with van der Waals surface area (Å²) in [4.78, 5) is 41.7. The molecule has 5 rings (SSSR count). The zero-order chi connectivity index (χ0) is 28.1. The second kappa shape index (κ2) is 12.3. The van der Waals surface area contributed by atoms with Crippen LogP contribution >= 0.6 is 11.8 Å². The first-order valence-electron chi connectivity index (χ1n) is 13.3. The molecule has 40 heavy (non-hydrogen) atoms. The van der Waals surface area contributed by atoms with Crippen molar-refractivity contribution in [1.29, 1.82) is 0 Å². The quantitative estimate of drug-likeness (QED) is 0.187. The lowest BCUT2D eigenvalue weighted by Crippen LogP contribution is -2.23. The lowest BCUT2D eigenvalue weighted by Gasteiger charge is -2.22. The minimum atomic E-state index is -1.51. The van der Waals surface area contributed by atoms with Crippen LogP contribution in [0.25, 0.3) is 6.08 Å². The van der Waals surface area contributed by atoms with Crippen LogP contribution in [0.15, 0.2) is 82.7 Å². The molecule has 0 bridgehead atoms. The van der Waals surface area contributed by atoms with Crippen molar-refractivity contribution in [1.82, 2.24) is 4.90 Å². The number of ketones is 1. The molecule has 1 heterocycles. The Morgan fingerprint density at radius 3 is 2.30 bits per heavy atom. The summed E-state index contributed by atoms with van der Waals surface area (Å²) in [5.41, 5.74) is 4.02. The van der Waals surface area contributed by atoms with Gasteiger partial charge in [-0.25, -0.2) is 9.79 Å². The van der Waals surface area contributed by atoms with Gasteiger partial charge in [-0.05, 0) is 89.7 Å². The number of nitrogens with zero attached hydrogens (tertiary/aromatic N) is 2. The first-order valence-corrected chi connectivity index (χ1v) is 14.1. The minimum absolute atomic E-state index is 0.0699. The normalized spacial score (nSPS) is 17.9. The van der Waals surface area contributed by atoms with E-state index in [0.29, 0.717) is 28.3 Å². The van der Waals surface area contributed by atoms with E-state index in [1.807, 2.05) is 30.3 Å². The smallest absolute Gasteiger partial charge is 0.377 e. The van der Waals surface area contributed by atoms with Crippen LogP contribution in [0, 0.1) is 0 Å². The second-order valence-electron chi connectivity index (χ2n) is 9.98. The lowest BCUT2D eigenvalue weighted by molar-refractivity contribution is -0.131. The molecule has 3 aromatic rings. The van der Waals surface area contributed by atoms with E-state index in [1.54, 1.807) is 19.2 Å². The number of hydrogen-bond acceptors (Lipinski definition) is 6. The van der Waals surface area contributed by atoms with E-state index in [9.17, 15) is 14.4 Å². The average Bonchev–Trinajstić information content (AvgIpc) is 3.25. The van der Waals surface area contributed by atoms with Gasteiger partial charge in [-0.15, -0.1) is 0 Å². The number of thioether (sulfide) groups is 1. The van der Waals surface area contributed by atoms with Gasteiger partial charge in [0.25, 0.3) is 11.7 Å². The van der Waals surface area contributed by atoms with Crippen molar-refractivity contribution in [2.45, 2.75) is 44.6 Å². The van der Waals surface area contributed by atoms with Crippen LogP contribution in [0.4, 0.5) is 5.69 Å². The molecular weight excluding hydrogens is 524 g/mol. The number of aliphatic carboxylic acids is 1. The molecule has 1 N–H and O–H groups in total. The van der Waals surface area contributed by atoms with E-state index >= 15 is 0 Å². The van der Waals surface area contributed by atoms with E-state index in [0.717, 1.165) is 16.9 Å². The van der Waals surface area contributed by atoms with Crippen molar-refractivity contribution >= 4 is 46.4 Å². The fourth-order valence-electron chi connectivity index (χ4n) is 4.87. The van der Waals surface area contributed by atoms with Crippen LogP contribution in [-0.2, 0) is 16.2 Å². The molecular formula is C32H30N2O5S. The Morgan fingerprint density at radius 1 is 0.975 bits per heavy atom. The fraction of sp³-hybridized carbons (Fsp3) is 0.250. The van der Waals surface area contributed by atoms with Gasteiger partial charge in [-0.1, -0.05) is 55.7 Å². The van der Waals surface area contributed by atoms with E-state index in [2.05, 4.69) is 29.3 Å². The maximum Gasteiger partial charge on any atom is 0.377 e. The molecule has 0 radical (unpaired) electrons. The van der Waals surface area contributed by atoms with Crippen molar-refractivity contribution in [2.24, 2.45) is 4.99 Å². The van der Waals surface area contributed by atoms with Crippen LogP contribution in [0.5, 0.6) is 5.75 Å². The number of benzene rings is 3. The highest BCUT2D eigenvalue weighted by molar-refractivity contribution is 8.18. The molecule has 0 spiro atoms. The first-order chi connectivity index (χ1) is 19.4. The number of carbonyl (C=O) groups is 3. The monoisotopic (exact) mass is 554 g/mol. The predicted octanol–water partition coefficient (Wildman–Crippen LogP) is 6.81. The van der Waals surface area contributed by atoms with Gasteiger partial charge in [0.1, 0.15) is 12.4 Å². The summed E-state index contributed by atoms with van der Waals surface area (Å²) in [7, 11) is 1.65. The highest BCUT2D eigenvalue weighted by Gasteiger charge is 2.30. The molecule has 1 aliphatic carbocycles. The second-order valence-corrected chi connectivity index (χ2v) is 11.0. The molecule has 1 saturated heterocycles. The maximum absolute atomic E-state index is 12.8. The topological polar surface area (TPSA) is 96.3 Å². The summed E-state index contributed by atoms with van der Waals surface area (Å²) >= 11 is 1.25. The maximum atomic E-state index is 12.8. The number of hydrogen-bond donors (Lipinski definition) is 1. The van der Waals surface area contributed by atoms with Crippen LogP contribution in [0.3, 0.4) is 0 Å². The predicted molar refractivity (Wildman–Crippen MR) is 157 cm³/mol. The third kappa shape index (κ3) is 6.51. The molecule has 2 aliphatic rings. The Hall–Kier alpha value is -4.17. The van der Waals surface area contributed by atoms with Crippen molar-refractivity contribution < 1.29 is 24.2 Å². The minimum Gasteiger partial charge on any atom is -0.489 e. The Bertz CT molecular complexity index is 1450. The summed E-state index contributed by atoms with van der Waals surface area (Å²) in [6.07, 6.45) is 8.42. The molecule has 0 aromatic heterocycles. The standard InChI is InChI=1S/C32H30N2O5S/c1-34-30(36)28(40-32(34)33-26-15-13-25(14-16-26)29(35)31(37)38)19-21-9-17-27(18-10-21)39-20-22-7-11-24(12-8-22)23-5-3-2-4-6-23/h7-19,23H,2-6,20H2,1H3,(H,37,38)/b28-19-,33-32?. The molecule has 1 aliphatic heterocycles. The van der Waals surface area contributed by atoms with Gasteiger partial charge in [0.15, 0.2) is 5.17 Å². The molecule has 2 fully saturated rings. The van der Waals surface area contributed by atoms with Crippen LogP contribution < -0.4 is 4.74 Å². The van der Waals surface area contributed by atoms with E-state index in [-0.39, 0.29) is 11.5 Å². The van der Waals surface area contributed by atoms with E-state index in [1.165, 1.54) is 66.5 Å². The Kier molecular flexibility index (Phi) is 8.45. The van der Waals surface area contributed by atoms with Crippen molar-refractivity contribution in [3.8, 4) is 5.75 Å². The van der Waals surface area contributed by atoms with Gasteiger partial charge < -0.3 is 9.84 Å².